The molecule has 9 heteroatoms. The first-order valence-electron chi connectivity index (χ1n) is 8.84. The Morgan fingerprint density at radius 1 is 1.14 bits per heavy atom. The largest absolute Gasteiger partial charge is 0.482 e. The monoisotopic (exact) mass is 426 g/mol. The molecule has 0 unspecified atom stereocenters. The van der Waals surface area contributed by atoms with E-state index in [9.17, 15) is 17.6 Å². The van der Waals surface area contributed by atoms with Crippen molar-refractivity contribution in [3.8, 4) is 5.75 Å². The molecular weight excluding hydrogens is 407 g/mol. The molecule has 0 radical (unpaired) electrons. The highest BCUT2D eigenvalue weighted by molar-refractivity contribution is 7.89. The number of carbonyl (C=O) groups excluding carboxylic acids is 1. The molecule has 0 bridgehead atoms. The first kappa shape index (κ1) is 20.6. The highest BCUT2D eigenvalue weighted by Crippen LogP contribution is 2.25. The van der Waals surface area contributed by atoms with Crippen molar-refractivity contribution in [2.24, 2.45) is 0 Å². The fourth-order valence-corrected chi connectivity index (χ4v) is 4.71. The molecule has 0 spiro atoms. The van der Waals surface area contributed by atoms with Crippen LogP contribution in [0.4, 0.5) is 10.1 Å². The average Bonchev–Trinajstić information content (AvgIpc) is 2.68. The first-order valence-corrected chi connectivity index (χ1v) is 10.7. The van der Waals surface area contributed by atoms with Crippen LogP contribution in [0.25, 0.3) is 0 Å². The summed E-state index contributed by atoms with van der Waals surface area (Å²) in [5.41, 5.74) is 0.344. The van der Waals surface area contributed by atoms with Gasteiger partial charge in [-0.05, 0) is 49.2 Å². The standard InChI is InChI=1S/C19H20ClFN2O4S/c20-17-11-14(21)7-8-18(17)27-13-19(24)22-15-5-4-6-16(12-15)28(25,26)23-9-2-1-3-10-23/h4-8,11-12H,1-3,9-10,13H2,(H,22,24). The molecule has 1 amide bonds. The number of carbonyl (C=O) groups is 1. The molecule has 6 nitrogen and oxygen atoms in total. The van der Waals surface area contributed by atoms with Crippen LogP contribution in [0, 0.1) is 5.82 Å². The van der Waals surface area contributed by atoms with E-state index in [4.69, 9.17) is 16.3 Å². The molecule has 0 aromatic heterocycles. The SMILES string of the molecule is O=C(COc1ccc(F)cc1Cl)Nc1cccc(S(=O)(=O)N2CCCCC2)c1. The third-order valence-electron chi connectivity index (χ3n) is 4.32. The zero-order chi connectivity index (χ0) is 20.1. The molecule has 0 atom stereocenters. The maximum Gasteiger partial charge on any atom is 0.262 e. The second kappa shape index (κ2) is 8.89. The maximum absolute atomic E-state index is 13.0. The van der Waals surface area contributed by atoms with E-state index in [2.05, 4.69) is 5.32 Å². The van der Waals surface area contributed by atoms with E-state index in [1.165, 1.54) is 28.6 Å². The fourth-order valence-electron chi connectivity index (χ4n) is 2.92. The number of piperidine rings is 1. The van der Waals surface area contributed by atoms with Crippen molar-refractivity contribution in [3.63, 3.8) is 0 Å². The van der Waals surface area contributed by atoms with Crippen molar-refractivity contribution >= 4 is 33.2 Å². The molecule has 1 fully saturated rings. The predicted molar refractivity (Wildman–Crippen MR) is 105 cm³/mol. The van der Waals surface area contributed by atoms with Gasteiger partial charge in [0.1, 0.15) is 11.6 Å². The van der Waals surface area contributed by atoms with E-state index in [1.807, 2.05) is 0 Å². The number of anilines is 1. The van der Waals surface area contributed by atoms with Gasteiger partial charge in [-0.1, -0.05) is 24.1 Å². The Kier molecular flexibility index (Phi) is 6.53. The Bertz CT molecular complexity index is 962. The second-order valence-corrected chi connectivity index (χ2v) is 8.75. The minimum absolute atomic E-state index is 0.0578. The lowest BCUT2D eigenvalue weighted by Gasteiger charge is -2.26. The molecule has 2 aromatic carbocycles. The number of amides is 1. The van der Waals surface area contributed by atoms with Gasteiger partial charge >= 0.3 is 0 Å². The first-order chi connectivity index (χ1) is 13.4. The minimum Gasteiger partial charge on any atom is -0.482 e. The summed E-state index contributed by atoms with van der Waals surface area (Å²) >= 11 is 5.85. The smallest absolute Gasteiger partial charge is 0.262 e. The predicted octanol–water partition coefficient (Wildman–Crippen LogP) is 3.67. The number of sulfonamides is 1. The highest BCUT2D eigenvalue weighted by Gasteiger charge is 2.26. The molecule has 0 saturated carbocycles. The number of hydrogen-bond donors (Lipinski definition) is 1. The van der Waals surface area contributed by atoms with E-state index in [0.717, 1.165) is 25.3 Å². The van der Waals surface area contributed by atoms with E-state index in [1.54, 1.807) is 12.1 Å². The number of rotatable bonds is 6. The van der Waals surface area contributed by atoms with Crippen LogP contribution in [0.15, 0.2) is 47.4 Å². The highest BCUT2D eigenvalue weighted by atomic mass is 35.5. The Hall–Kier alpha value is -2.16. The lowest BCUT2D eigenvalue weighted by molar-refractivity contribution is -0.118. The van der Waals surface area contributed by atoms with E-state index in [-0.39, 0.29) is 22.3 Å². The van der Waals surface area contributed by atoms with Crippen LogP contribution < -0.4 is 10.1 Å². The number of hydrogen-bond acceptors (Lipinski definition) is 4. The molecule has 28 heavy (non-hydrogen) atoms. The minimum atomic E-state index is -3.59. The molecule has 1 N–H and O–H groups in total. The van der Waals surface area contributed by atoms with Crippen LogP contribution >= 0.6 is 11.6 Å². The summed E-state index contributed by atoms with van der Waals surface area (Å²) < 4.78 is 45.3. The van der Waals surface area contributed by atoms with E-state index >= 15 is 0 Å². The van der Waals surface area contributed by atoms with E-state index < -0.39 is 21.7 Å². The number of nitrogens with one attached hydrogen (secondary N) is 1. The second-order valence-electron chi connectivity index (χ2n) is 6.40. The summed E-state index contributed by atoms with van der Waals surface area (Å²) in [5, 5.41) is 2.65. The Labute approximate surface area is 168 Å². The summed E-state index contributed by atoms with van der Waals surface area (Å²) in [5.74, 6) is -0.818. The zero-order valence-electron chi connectivity index (χ0n) is 15.0. The topological polar surface area (TPSA) is 75.7 Å². The Morgan fingerprint density at radius 2 is 1.89 bits per heavy atom. The number of nitrogens with zero attached hydrogens (tertiary/aromatic N) is 1. The normalized spacial score (nSPS) is 15.2. The quantitative estimate of drug-likeness (QED) is 0.764. The maximum atomic E-state index is 13.0. The summed E-state index contributed by atoms with van der Waals surface area (Å²) in [6.07, 6.45) is 2.72. The molecular formula is C19H20ClFN2O4S. The number of halogens is 2. The summed E-state index contributed by atoms with van der Waals surface area (Å²) in [4.78, 5) is 12.2. The average molecular weight is 427 g/mol. The van der Waals surface area contributed by atoms with Crippen LogP contribution in [-0.2, 0) is 14.8 Å². The van der Waals surface area contributed by atoms with Crippen molar-refractivity contribution in [2.45, 2.75) is 24.2 Å². The molecule has 3 rings (SSSR count). The molecule has 1 saturated heterocycles. The van der Waals surface area contributed by atoms with Crippen molar-refractivity contribution in [2.75, 3.05) is 25.0 Å². The number of ether oxygens (including phenoxy) is 1. The van der Waals surface area contributed by atoms with Crippen LogP contribution in [0.3, 0.4) is 0 Å². The van der Waals surface area contributed by atoms with Crippen molar-refractivity contribution < 1.29 is 22.3 Å². The third-order valence-corrected chi connectivity index (χ3v) is 6.51. The van der Waals surface area contributed by atoms with Gasteiger partial charge in [0.2, 0.25) is 10.0 Å². The molecule has 2 aromatic rings. The summed E-state index contributed by atoms with van der Waals surface area (Å²) in [6, 6.07) is 9.69. The molecule has 150 valence electrons. The van der Waals surface area contributed by atoms with Crippen LogP contribution in [-0.4, -0.2) is 38.3 Å². The zero-order valence-corrected chi connectivity index (χ0v) is 16.6. The summed E-state index contributed by atoms with van der Waals surface area (Å²) in [7, 11) is -3.59. The molecule has 1 aliphatic heterocycles. The van der Waals surface area contributed by atoms with Gasteiger partial charge in [-0.15, -0.1) is 0 Å². The Balaban J connectivity index is 1.64. The number of benzene rings is 2. The Morgan fingerprint density at radius 3 is 2.61 bits per heavy atom. The van der Waals surface area contributed by atoms with Crippen molar-refractivity contribution in [1.29, 1.82) is 0 Å². The summed E-state index contributed by atoms with van der Waals surface area (Å²) in [6.45, 7) is 0.658. The van der Waals surface area contributed by atoms with Gasteiger partial charge in [-0.25, -0.2) is 12.8 Å². The van der Waals surface area contributed by atoms with Crippen LogP contribution in [0.1, 0.15) is 19.3 Å². The van der Waals surface area contributed by atoms with Gasteiger partial charge in [0, 0.05) is 18.8 Å². The molecule has 1 aliphatic rings. The fraction of sp³-hybridized carbons (Fsp3) is 0.316. The third kappa shape index (κ3) is 5.01. The van der Waals surface area contributed by atoms with Gasteiger partial charge in [0.05, 0.1) is 9.92 Å². The van der Waals surface area contributed by atoms with E-state index in [0.29, 0.717) is 18.8 Å². The lowest BCUT2D eigenvalue weighted by atomic mass is 10.2. The van der Waals surface area contributed by atoms with Crippen LogP contribution in [0.2, 0.25) is 5.02 Å². The van der Waals surface area contributed by atoms with Gasteiger partial charge < -0.3 is 10.1 Å². The molecule has 1 heterocycles. The van der Waals surface area contributed by atoms with Crippen molar-refractivity contribution in [3.05, 3.63) is 53.3 Å². The van der Waals surface area contributed by atoms with Gasteiger partial charge in [0.15, 0.2) is 6.61 Å². The van der Waals surface area contributed by atoms with Crippen LogP contribution in [0.5, 0.6) is 5.75 Å². The molecule has 0 aliphatic carbocycles. The van der Waals surface area contributed by atoms with Crippen molar-refractivity contribution in [1.82, 2.24) is 4.31 Å². The van der Waals surface area contributed by atoms with Gasteiger partial charge in [-0.3, -0.25) is 4.79 Å². The van der Waals surface area contributed by atoms with Gasteiger partial charge in [-0.2, -0.15) is 4.31 Å². The van der Waals surface area contributed by atoms with Gasteiger partial charge in [0.25, 0.3) is 5.91 Å². The lowest BCUT2D eigenvalue weighted by Crippen LogP contribution is -2.35.